The number of rotatable bonds is 3. The van der Waals surface area contributed by atoms with E-state index in [1.165, 1.54) is 16.8 Å². The SMILES string of the molecule is CS(=O)(=O)C1CC2CCC(C1)N2C(=O)C1CCN(S(C)(=O)=O)CC1. The molecule has 0 spiro atoms. The van der Waals surface area contributed by atoms with Gasteiger partial charge in [0, 0.05) is 37.3 Å². The van der Waals surface area contributed by atoms with E-state index in [-0.39, 0.29) is 29.2 Å². The summed E-state index contributed by atoms with van der Waals surface area (Å²) in [5.74, 6) is -0.0384. The summed E-state index contributed by atoms with van der Waals surface area (Å²) in [5, 5.41) is -0.328. The van der Waals surface area contributed by atoms with Crippen molar-refractivity contribution in [3.63, 3.8) is 0 Å². The van der Waals surface area contributed by atoms with Gasteiger partial charge in [-0.05, 0) is 38.5 Å². The molecule has 2 unspecified atom stereocenters. The van der Waals surface area contributed by atoms with Crippen LogP contribution in [0.5, 0.6) is 0 Å². The number of sulfone groups is 1. The third-order valence-electron chi connectivity index (χ3n) is 5.82. The lowest BCUT2D eigenvalue weighted by atomic mass is 9.93. The lowest BCUT2D eigenvalue weighted by Crippen LogP contribution is -2.53. The fraction of sp³-hybridized carbons (Fsp3) is 0.933. The number of sulfonamides is 1. The molecular weight excluding hydrogens is 352 g/mol. The summed E-state index contributed by atoms with van der Waals surface area (Å²) in [4.78, 5) is 14.9. The summed E-state index contributed by atoms with van der Waals surface area (Å²) in [6.07, 6.45) is 6.44. The minimum atomic E-state index is -3.19. The molecule has 0 aromatic heterocycles. The summed E-state index contributed by atoms with van der Waals surface area (Å²) in [5.41, 5.74) is 0. The summed E-state index contributed by atoms with van der Waals surface area (Å²) in [7, 11) is -6.25. The van der Waals surface area contributed by atoms with Crippen LogP contribution in [-0.4, -0.2) is 74.9 Å². The van der Waals surface area contributed by atoms with Crippen molar-refractivity contribution < 1.29 is 21.6 Å². The molecule has 0 radical (unpaired) electrons. The number of piperidine rings is 2. The van der Waals surface area contributed by atoms with Gasteiger partial charge in [0.15, 0.2) is 0 Å². The van der Waals surface area contributed by atoms with Crippen LogP contribution in [0.4, 0.5) is 0 Å². The van der Waals surface area contributed by atoms with E-state index in [0.717, 1.165) is 12.8 Å². The lowest BCUT2D eigenvalue weighted by Gasteiger charge is -2.41. The van der Waals surface area contributed by atoms with E-state index < -0.39 is 19.9 Å². The molecule has 0 aliphatic carbocycles. The second-order valence-corrected chi connectivity index (χ2v) is 11.8. The molecule has 1 amide bonds. The highest BCUT2D eigenvalue weighted by Gasteiger charge is 2.47. The molecule has 7 nitrogen and oxygen atoms in total. The molecule has 9 heteroatoms. The van der Waals surface area contributed by atoms with E-state index >= 15 is 0 Å². The van der Waals surface area contributed by atoms with E-state index in [0.29, 0.717) is 38.8 Å². The van der Waals surface area contributed by atoms with Gasteiger partial charge in [0.25, 0.3) is 0 Å². The molecule has 3 rings (SSSR count). The largest absolute Gasteiger partial charge is 0.336 e. The first-order chi connectivity index (χ1) is 11.1. The van der Waals surface area contributed by atoms with Crippen LogP contribution in [0.2, 0.25) is 0 Å². The maximum absolute atomic E-state index is 12.9. The van der Waals surface area contributed by atoms with Crippen LogP contribution >= 0.6 is 0 Å². The third-order valence-corrected chi connectivity index (χ3v) is 8.72. The van der Waals surface area contributed by atoms with Gasteiger partial charge in [-0.3, -0.25) is 4.79 Å². The van der Waals surface area contributed by atoms with Gasteiger partial charge in [0.1, 0.15) is 9.84 Å². The van der Waals surface area contributed by atoms with Crippen molar-refractivity contribution in [2.75, 3.05) is 25.6 Å². The summed E-state index contributed by atoms with van der Waals surface area (Å²) in [6.45, 7) is 0.786. The molecule has 3 fully saturated rings. The number of fused-ring (bicyclic) bond motifs is 2. The molecule has 0 saturated carbocycles. The van der Waals surface area contributed by atoms with Crippen LogP contribution in [0.25, 0.3) is 0 Å². The first-order valence-corrected chi connectivity index (χ1v) is 12.3. The van der Waals surface area contributed by atoms with Crippen LogP contribution in [0.3, 0.4) is 0 Å². The molecule has 0 aromatic carbocycles. The van der Waals surface area contributed by atoms with Gasteiger partial charge in [-0.25, -0.2) is 21.1 Å². The maximum atomic E-state index is 12.9. The average Bonchev–Trinajstić information content (AvgIpc) is 2.74. The highest BCUT2D eigenvalue weighted by Crippen LogP contribution is 2.39. The number of nitrogens with zero attached hydrogens (tertiary/aromatic N) is 2. The summed E-state index contributed by atoms with van der Waals surface area (Å²) >= 11 is 0. The maximum Gasteiger partial charge on any atom is 0.226 e. The number of carbonyl (C=O) groups excluding carboxylic acids is 1. The topological polar surface area (TPSA) is 91.8 Å². The summed E-state index contributed by atoms with van der Waals surface area (Å²) in [6, 6.07) is 0.0628. The van der Waals surface area contributed by atoms with Gasteiger partial charge in [0.2, 0.25) is 15.9 Å². The van der Waals surface area contributed by atoms with Gasteiger partial charge in [-0.15, -0.1) is 0 Å². The average molecular weight is 379 g/mol. The highest BCUT2D eigenvalue weighted by atomic mass is 32.2. The van der Waals surface area contributed by atoms with Crippen molar-refractivity contribution in [1.82, 2.24) is 9.21 Å². The molecule has 3 aliphatic rings. The molecule has 3 heterocycles. The Morgan fingerprint density at radius 2 is 1.38 bits per heavy atom. The Balaban J connectivity index is 1.65. The summed E-state index contributed by atoms with van der Waals surface area (Å²) < 4.78 is 48.3. The molecule has 0 aromatic rings. The van der Waals surface area contributed by atoms with Gasteiger partial charge < -0.3 is 4.90 Å². The Morgan fingerprint density at radius 3 is 1.79 bits per heavy atom. The Hall–Kier alpha value is -0.670. The molecule has 3 saturated heterocycles. The minimum absolute atomic E-state index is 0.0314. The van der Waals surface area contributed by atoms with E-state index in [4.69, 9.17) is 0 Å². The van der Waals surface area contributed by atoms with Crippen LogP contribution in [0.15, 0.2) is 0 Å². The molecule has 2 bridgehead atoms. The Kier molecular flexibility index (Phi) is 4.72. The standard InChI is InChI=1S/C15H26N2O5S2/c1-23(19,20)14-9-12-3-4-13(10-14)17(12)15(18)11-5-7-16(8-6-11)24(2,21)22/h11-14H,3-10H2,1-2H3. The Bertz CT molecular complexity index is 696. The van der Waals surface area contributed by atoms with Crippen LogP contribution in [0, 0.1) is 5.92 Å². The normalized spacial score (nSPS) is 32.9. The Labute approximate surface area is 144 Å². The molecule has 24 heavy (non-hydrogen) atoms. The van der Waals surface area contributed by atoms with Gasteiger partial charge in [-0.1, -0.05) is 0 Å². The third kappa shape index (κ3) is 3.48. The van der Waals surface area contributed by atoms with Crippen molar-refractivity contribution >= 4 is 25.8 Å². The number of amides is 1. The van der Waals surface area contributed by atoms with Crippen LogP contribution in [0.1, 0.15) is 38.5 Å². The predicted octanol–water partition coefficient (Wildman–Crippen LogP) is 0.225. The fourth-order valence-corrected chi connectivity index (χ4v) is 6.50. The first kappa shape index (κ1) is 18.1. The lowest BCUT2D eigenvalue weighted by molar-refractivity contribution is -0.141. The van der Waals surface area contributed by atoms with Gasteiger partial charge >= 0.3 is 0 Å². The van der Waals surface area contributed by atoms with E-state index in [1.54, 1.807) is 0 Å². The second-order valence-electron chi connectivity index (χ2n) is 7.49. The van der Waals surface area contributed by atoms with Crippen molar-refractivity contribution in [3.8, 4) is 0 Å². The quantitative estimate of drug-likeness (QED) is 0.701. The van der Waals surface area contributed by atoms with Crippen molar-refractivity contribution in [1.29, 1.82) is 0 Å². The van der Waals surface area contributed by atoms with E-state index in [1.807, 2.05) is 4.90 Å². The van der Waals surface area contributed by atoms with Crippen LogP contribution < -0.4 is 0 Å². The Morgan fingerprint density at radius 1 is 0.875 bits per heavy atom. The molecule has 138 valence electrons. The van der Waals surface area contributed by atoms with E-state index in [2.05, 4.69) is 0 Å². The number of carbonyl (C=O) groups is 1. The van der Waals surface area contributed by atoms with Gasteiger partial charge in [0.05, 0.1) is 11.5 Å². The zero-order valence-electron chi connectivity index (χ0n) is 14.2. The molecule has 3 aliphatic heterocycles. The number of hydrogen-bond donors (Lipinski definition) is 0. The smallest absolute Gasteiger partial charge is 0.226 e. The van der Waals surface area contributed by atoms with E-state index in [9.17, 15) is 21.6 Å². The molecule has 2 atom stereocenters. The molecular formula is C15H26N2O5S2. The van der Waals surface area contributed by atoms with Crippen molar-refractivity contribution in [2.24, 2.45) is 5.92 Å². The highest BCUT2D eigenvalue weighted by molar-refractivity contribution is 7.91. The van der Waals surface area contributed by atoms with Crippen molar-refractivity contribution in [3.05, 3.63) is 0 Å². The predicted molar refractivity (Wildman–Crippen MR) is 90.7 cm³/mol. The van der Waals surface area contributed by atoms with Crippen LogP contribution in [-0.2, 0) is 24.7 Å². The number of hydrogen-bond acceptors (Lipinski definition) is 5. The zero-order valence-corrected chi connectivity index (χ0v) is 15.9. The first-order valence-electron chi connectivity index (χ1n) is 8.53. The monoisotopic (exact) mass is 378 g/mol. The molecule has 0 N–H and O–H groups in total. The fourth-order valence-electron chi connectivity index (χ4n) is 4.48. The minimum Gasteiger partial charge on any atom is -0.336 e. The van der Waals surface area contributed by atoms with Gasteiger partial charge in [-0.2, -0.15) is 0 Å². The zero-order chi connectivity index (χ0) is 17.7. The van der Waals surface area contributed by atoms with Crippen molar-refractivity contribution in [2.45, 2.75) is 55.9 Å². The second kappa shape index (κ2) is 6.25.